The van der Waals surface area contributed by atoms with E-state index in [0.717, 1.165) is 0 Å². The second-order valence-electron chi connectivity index (χ2n) is 3.33. The van der Waals surface area contributed by atoms with Gasteiger partial charge in [0.25, 0.3) is 10.0 Å². The number of sulfonamides is 1. The van der Waals surface area contributed by atoms with Crippen molar-refractivity contribution in [2.24, 2.45) is 0 Å². The van der Waals surface area contributed by atoms with Crippen molar-refractivity contribution in [3.63, 3.8) is 0 Å². The number of nitrogens with zero attached hydrogens (tertiary/aromatic N) is 3. The maximum absolute atomic E-state index is 12.0. The molecular weight excluding hydrogens is 244 g/mol. The van der Waals surface area contributed by atoms with Gasteiger partial charge in [-0.25, -0.2) is 23.1 Å². The van der Waals surface area contributed by atoms with Crippen LogP contribution in [0, 0.1) is 13.8 Å². The third kappa shape index (κ3) is 2.26. The molecule has 0 aliphatic heterocycles. The van der Waals surface area contributed by atoms with Gasteiger partial charge in [-0.2, -0.15) is 0 Å². The Morgan fingerprint density at radius 1 is 1.24 bits per heavy atom. The maximum atomic E-state index is 12.0. The van der Waals surface area contributed by atoms with Gasteiger partial charge in [-0.05, 0) is 19.9 Å². The largest absolute Gasteiger partial charge is 0.360 e. The molecule has 0 bridgehead atoms. The molecule has 0 fully saturated rings. The van der Waals surface area contributed by atoms with Crippen LogP contribution in [0.15, 0.2) is 27.9 Å². The molecule has 7 nitrogen and oxygen atoms in total. The van der Waals surface area contributed by atoms with E-state index in [-0.39, 0.29) is 16.6 Å². The predicted octanol–water partition coefficient (Wildman–Crippen LogP) is 0.882. The summed E-state index contributed by atoms with van der Waals surface area (Å²) in [5.41, 5.74) is 0.297. The van der Waals surface area contributed by atoms with Gasteiger partial charge in [-0.1, -0.05) is 5.16 Å². The fourth-order valence-electron chi connectivity index (χ4n) is 1.38. The van der Waals surface area contributed by atoms with Gasteiger partial charge in [0.15, 0.2) is 10.7 Å². The van der Waals surface area contributed by atoms with Gasteiger partial charge >= 0.3 is 0 Å². The molecule has 0 spiro atoms. The molecule has 2 heterocycles. The third-order valence-corrected chi connectivity index (χ3v) is 3.60. The second kappa shape index (κ2) is 4.13. The highest BCUT2D eigenvalue weighted by atomic mass is 32.2. The van der Waals surface area contributed by atoms with E-state index in [9.17, 15) is 8.42 Å². The van der Waals surface area contributed by atoms with Crippen molar-refractivity contribution in [2.45, 2.75) is 18.7 Å². The topological polar surface area (TPSA) is 98.0 Å². The molecule has 0 saturated carbocycles. The van der Waals surface area contributed by atoms with E-state index in [4.69, 9.17) is 4.52 Å². The lowest BCUT2D eigenvalue weighted by Gasteiger charge is -2.04. The molecule has 0 aromatic carbocycles. The van der Waals surface area contributed by atoms with Crippen LogP contribution in [-0.2, 0) is 10.0 Å². The number of nitrogens with one attached hydrogen (secondary N) is 1. The van der Waals surface area contributed by atoms with Crippen molar-refractivity contribution in [3.8, 4) is 0 Å². The molecule has 1 N–H and O–H groups in total. The Morgan fingerprint density at radius 2 is 1.88 bits per heavy atom. The molecule has 8 heteroatoms. The summed E-state index contributed by atoms with van der Waals surface area (Å²) in [7, 11) is -3.76. The minimum Gasteiger partial charge on any atom is -0.360 e. The Balaban J connectivity index is 2.39. The summed E-state index contributed by atoms with van der Waals surface area (Å²) >= 11 is 0. The summed E-state index contributed by atoms with van der Waals surface area (Å²) in [4.78, 5) is 7.58. The first-order valence-corrected chi connectivity index (χ1v) is 6.22. The number of hydrogen-bond donors (Lipinski definition) is 1. The smallest absolute Gasteiger partial charge is 0.269 e. The fourth-order valence-corrected chi connectivity index (χ4v) is 2.67. The molecule has 90 valence electrons. The van der Waals surface area contributed by atoms with Crippen LogP contribution >= 0.6 is 0 Å². The molecule has 0 amide bonds. The van der Waals surface area contributed by atoms with Crippen LogP contribution in [0.3, 0.4) is 0 Å². The van der Waals surface area contributed by atoms with Crippen LogP contribution < -0.4 is 4.72 Å². The first-order valence-electron chi connectivity index (χ1n) is 4.73. The first-order chi connectivity index (χ1) is 8.00. The van der Waals surface area contributed by atoms with Gasteiger partial charge in [0, 0.05) is 12.4 Å². The number of anilines is 1. The van der Waals surface area contributed by atoms with Crippen LogP contribution in [-0.4, -0.2) is 23.5 Å². The quantitative estimate of drug-likeness (QED) is 0.873. The lowest BCUT2D eigenvalue weighted by molar-refractivity contribution is 0.390. The Morgan fingerprint density at radius 3 is 2.41 bits per heavy atom. The summed E-state index contributed by atoms with van der Waals surface area (Å²) in [6.07, 6.45) is 2.89. The normalized spacial score (nSPS) is 11.4. The monoisotopic (exact) mass is 254 g/mol. The van der Waals surface area contributed by atoms with E-state index < -0.39 is 10.0 Å². The maximum Gasteiger partial charge on any atom is 0.269 e. The average molecular weight is 254 g/mol. The standard InChI is InChI=1S/C9H10N4O3S/c1-6-8(7(2)16-12-6)17(14,15)13-9-10-4-3-5-11-9/h3-5H,1-2H3,(H,10,11,13). The second-order valence-corrected chi connectivity index (χ2v) is 4.95. The first kappa shape index (κ1) is 11.5. The molecule has 0 aliphatic rings. The number of hydrogen-bond acceptors (Lipinski definition) is 6. The number of aromatic nitrogens is 3. The van der Waals surface area contributed by atoms with E-state index in [0.29, 0.717) is 5.69 Å². The molecule has 0 unspecified atom stereocenters. The van der Waals surface area contributed by atoms with Crippen molar-refractivity contribution in [2.75, 3.05) is 4.72 Å². The molecular formula is C9H10N4O3S. The molecule has 0 atom stereocenters. The van der Waals surface area contributed by atoms with Gasteiger partial charge < -0.3 is 4.52 Å². The minimum atomic E-state index is -3.76. The Hall–Kier alpha value is -1.96. The number of rotatable bonds is 3. The molecule has 17 heavy (non-hydrogen) atoms. The molecule has 2 rings (SSSR count). The van der Waals surface area contributed by atoms with Gasteiger partial charge in [-0.3, -0.25) is 0 Å². The third-order valence-electron chi connectivity index (χ3n) is 2.03. The minimum absolute atomic E-state index is 0.00694. The SMILES string of the molecule is Cc1noc(C)c1S(=O)(=O)Nc1ncccn1. The van der Waals surface area contributed by atoms with Crippen LogP contribution in [0.4, 0.5) is 5.95 Å². The van der Waals surface area contributed by atoms with E-state index in [1.54, 1.807) is 13.0 Å². The summed E-state index contributed by atoms with van der Waals surface area (Å²) in [6, 6.07) is 1.59. The van der Waals surface area contributed by atoms with Gasteiger partial charge in [0.05, 0.1) is 0 Å². The highest BCUT2D eigenvalue weighted by Crippen LogP contribution is 2.20. The average Bonchev–Trinajstić information content (AvgIpc) is 2.59. The van der Waals surface area contributed by atoms with Gasteiger partial charge in [-0.15, -0.1) is 0 Å². The van der Waals surface area contributed by atoms with Crippen molar-refractivity contribution < 1.29 is 12.9 Å². The fraction of sp³-hybridized carbons (Fsp3) is 0.222. The molecule has 0 saturated heterocycles. The zero-order valence-corrected chi connectivity index (χ0v) is 10.0. The lowest BCUT2D eigenvalue weighted by atomic mass is 10.4. The van der Waals surface area contributed by atoms with Crippen molar-refractivity contribution in [1.82, 2.24) is 15.1 Å². The molecule has 2 aromatic heterocycles. The number of aryl methyl sites for hydroxylation is 2. The van der Waals surface area contributed by atoms with Crippen LogP contribution in [0.2, 0.25) is 0 Å². The highest BCUT2D eigenvalue weighted by molar-refractivity contribution is 7.92. The molecule has 2 aromatic rings. The van der Waals surface area contributed by atoms with Gasteiger partial charge in [0.1, 0.15) is 5.69 Å². The van der Waals surface area contributed by atoms with E-state index >= 15 is 0 Å². The van der Waals surface area contributed by atoms with Crippen molar-refractivity contribution >= 4 is 16.0 Å². The lowest BCUT2D eigenvalue weighted by Crippen LogP contribution is -2.16. The molecule has 0 aliphatic carbocycles. The zero-order chi connectivity index (χ0) is 12.5. The van der Waals surface area contributed by atoms with Crippen LogP contribution in [0.1, 0.15) is 11.5 Å². The summed E-state index contributed by atoms with van der Waals surface area (Å²) in [6.45, 7) is 3.08. The van der Waals surface area contributed by atoms with Gasteiger partial charge in [0.2, 0.25) is 5.95 Å². The summed E-state index contributed by atoms with van der Waals surface area (Å²) < 4.78 is 31.1. The summed E-state index contributed by atoms with van der Waals surface area (Å²) in [5, 5.41) is 3.59. The Bertz CT molecular complexity index is 601. The molecule has 0 radical (unpaired) electrons. The Kier molecular flexibility index (Phi) is 2.80. The summed E-state index contributed by atoms with van der Waals surface area (Å²) in [5.74, 6) is 0.235. The van der Waals surface area contributed by atoms with Crippen LogP contribution in [0.25, 0.3) is 0 Å². The van der Waals surface area contributed by atoms with E-state index in [1.807, 2.05) is 0 Å². The van der Waals surface area contributed by atoms with E-state index in [2.05, 4.69) is 19.8 Å². The predicted molar refractivity (Wildman–Crippen MR) is 58.8 cm³/mol. The van der Waals surface area contributed by atoms with Crippen LogP contribution in [0.5, 0.6) is 0 Å². The highest BCUT2D eigenvalue weighted by Gasteiger charge is 2.24. The van der Waals surface area contributed by atoms with Crippen molar-refractivity contribution in [3.05, 3.63) is 29.9 Å². The van der Waals surface area contributed by atoms with E-state index in [1.165, 1.54) is 19.3 Å². The Labute approximate surface area is 97.9 Å². The zero-order valence-electron chi connectivity index (χ0n) is 9.21. The van der Waals surface area contributed by atoms with Crippen molar-refractivity contribution in [1.29, 1.82) is 0 Å².